The summed E-state index contributed by atoms with van der Waals surface area (Å²) in [5.74, 6) is -0.0140. The van der Waals surface area contributed by atoms with Crippen LogP contribution in [0.1, 0.15) is 55.3 Å². The van der Waals surface area contributed by atoms with Gasteiger partial charge in [0.2, 0.25) is 5.91 Å². The van der Waals surface area contributed by atoms with Crippen molar-refractivity contribution in [2.45, 2.75) is 63.6 Å². The fraction of sp³-hybridized carbons (Fsp3) is 0.722. The molecule has 146 valence electrons. The number of aromatic nitrogens is 2. The smallest absolute Gasteiger partial charge is 0.257 e. The van der Waals surface area contributed by atoms with Crippen molar-refractivity contribution in [3.63, 3.8) is 0 Å². The predicted molar refractivity (Wildman–Crippen MR) is 102 cm³/mol. The molecule has 26 heavy (non-hydrogen) atoms. The molecule has 2 fully saturated rings. The molecule has 8 heteroatoms. The van der Waals surface area contributed by atoms with Crippen LogP contribution >= 0.6 is 12.4 Å². The lowest BCUT2D eigenvalue weighted by atomic mass is 9.95. The lowest BCUT2D eigenvalue weighted by molar-refractivity contribution is -0.122. The van der Waals surface area contributed by atoms with E-state index in [-0.39, 0.29) is 36.8 Å². The van der Waals surface area contributed by atoms with Crippen molar-refractivity contribution >= 4 is 24.2 Å². The van der Waals surface area contributed by atoms with Gasteiger partial charge in [-0.25, -0.2) is 0 Å². The van der Waals surface area contributed by atoms with Crippen LogP contribution in [0, 0.1) is 0 Å². The zero-order chi connectivity index (χ0) is 17.6. The maximum absolute atomic E-state index is 12.7. The van der Waals surface area contributed by atoms with Gasteiger partial charge in [0, 0.05) is 31.4 Å². The van der Waals surface area contributed by atoms with Crippen molar-refractivity contribution in [2.24, 2.45) is 0 Å². The Morgan fingerprint density at radius 1 is 1.19 bits per heavy atom. The molecule has 0 radical (unpaired) electrons. The number of nitrogens with zero attached hydrogens (tertiary/aromatic N) is 3. The van der Waals surface area contributed by atoms with Crippen LogP contribution in [0.5, 0.6) is 0 Å². The minimum atomic E-state index is -0.0248. The molecule has 7 nitrogen and oxygen atoms in total. The van der Waals surface area contributed by atoms with Gasteiger partial charge < -0.3 is 15.5 Å². The van der Waals surface area contributed by atoms with Gasteiger partial charge in [0.25, 0.3) is 5.91 Å². The van der Waals surface area contributed by atoms with Gasteiger partial charge in [-0.1, -0.05) is 19.3 Å². The first-order chi connectivity index (χ1) is 12.2. The lowest BCUT2D eigenvalue weighted by Crippen LogP contribution is -2.40. The number of nitrogens with one attached hydrogen (secondary N) is 2. The fourth-order valence-corrected chi connectivity index (χ4v) is 3.94. The van der Waals surface area contributed by atoms with Crippen LogP contribution in [0.15, 0.2) is 12.4 Å². The zero-order valence-corrected chi connectivity index (χ0v) is 16.3. The Bertz CT molecular complexity index is 600. The summed E-state index contributed by atoms with van der Waals surface area (Å²) in [6.07, 6.45) is 11.1. The quantitative estimate of drug-likeness (QED) is 0.781. The molecule has 1 saturated heterocycles. The summed E-state index contributed by atoms with van der Waals surface area (Å²) in [5.41, 5.74) is 0.563. The largest absolute Gasteiger partial charge is 0.352 e. The van der Waals surface area contributed by atoms with Crippen molar-refractivity contribution in [3.8, 4) is 0 Å². The minimum absolute atomic E-state index is 0. The molecule has 1 aromatic rings. The third kappa shape index (κ3) is 5.20. The number of rotatable bonds is 6. The van der Waals surface area contributed by atoms with Crippen molar-refractivity contribution in [1.82, 2.24) is 25.3 Å². The van der Waals surface area contributed by atoms with Gasteiger partial charge in [-0.05, 0) is 32.7 Å². The van der Waals surface area contributed by atoms with Crippen molar-refractivity contribution in [2.75, 3.05) is 20.1 Å². The van der Waals surface area contributed by atoms with Crippen LogP contribution in [-0.2, 0) is 11.3 Å². The topological polar surface area (TPSA) is 79.3 Å². The van der Waals surface area contributed by atoms with Gasteiger partial charge in [0.05, 0.1) is 11.8 Å². The maximum atomic E-state index is 12.7. The Labute approximate surface area is 161 Å². The van der Waals surface area contributed by atoms with Gasteiger partial charge >= 0.3 is 0 Å². The summed E-state index contributed by atoms with van der Waals surface area (Å²) < 4.78 is 1.56. The van der Waals surface area contributed by atoms with Crippen LogP contribution in [0.3, 0.4) is 0 Å². The van der Waals surface area contributed by atoms with Gasteiger partial charge in [0.1, 0.15) is 6.54 Å². The van der Waals surface area contributed by atoms with E-state index in [0.717, 1.165) is 38.8 Å². The molecule has 0 spiro atoms. The average molecular weight is 384 g/mol. The van der Waals surface area contributed by atoms with E-state index in [9.17, 15) is 9.59 Å². The Morgan fingerprint density at radius 2 is 1.96 bits per heavy atom. The second-order valence-electron chi connectivity index (χ2n) is 7.18. The van der Waals surface area contributed by atoms with E-state index in [2.05, 4.69) is 15.7 Å². The summed E-state index contributed by atoms with van der Waals surface area (Å²) >= 11 is 0. The Kier molecular flexibility index (Phi) is 7.90. The monoisotopic (exact) mass is 383 g/mol. The molecule has 1 saturated carbocycles. The molecule has 1 aliphatic carbocycles. The molecule has 0 aromatic carbocycles. The van der Waals surface area contributed by atoms with Crippen LogP contribution in [0.2, 0.25) is 0 Å². The Morgan fingerprint density at radius 3 is 2.69 bits per heavy atom. The van der Waals surface area contributed by atoms with Crippen molar-refractivity contribution in [1.29, 1.82) is 0 Å². The van der Waals surface area contributed by atoms with E-state index in [0.29, 0.717) is 11.6 Å². The van der Waals surface area contributed by atoms with Gasteiger partial charge in [-0.15, -0.1) is 12.4 Å². The van der Waals surface area contributed by atoms with Crippen LogP contribution < -0.4 is 10.6 Å². The van der Waals surface area contributed by atoms with E-state index < -0.39 is 0 Å². The number of likely N-dealkylation sites (tertiary alicyclic amines) is 1. The molecule has 0 bridgehead atoms. The summed E-state index contributed by atoms with van der Waals surface area (Å²) in [6, 6.07) is 0.542. The van der Waals surface area contributed by atoms with Crippen LogP contribution in [0.4, 0.5) is 0 Å². The minimum Gasteiger partial charge on any atom is -0.352 e. The standard InChI is InChI=1S/C18H29N5O2.ClH/c1-19-11-16-8-5-9-23(16)18(25)14-10-20-22(12-14)13-17(24)21-15-6-3-2-4-7-15;/h10,12,15-16,19H,2-9,11,13H2,1H3,(H,21,24);1H. The van der Waals surface area contributed by atoms with Crippen LogP contribution in [0.25, 0.3) is 0 Å². The SMILES string of the molecule is CNCC1CCCN1C(=O)c1cnn(CC(=O)NC2CCCCC2)c1.Cl. The Hall–Kier alpha value is -1.60. The summed E-state index contributed by atoms with van der Waals surface area (Å²) in [6.45, 7) is 1.77. The number of hydrogen-bond acceptors (Lipinski definition) is 4. The molecule has 3 rings (SSSR count). The molecular weight excluding hydrogens is 354 g/mol. The second-order valence-corrected chi connectivity index (χ2v) is 7.18. The number of carbonyl (C=O) groups is 2. The molecule has 1 aromatic heterocycles. The van der Waals surface area contributed by atoms with E-state index >= 15 is 0 Å². The second kappa shape index (κ2) is 9.92. The molecule has 2 aliphatic rings. The summed E-state index contributed by atoms with van der Waals surface area (Å²) in [7, 11) is 1.91. The molecule has 1 unspecified atom stereocenters. The van der Waals surface area contributed by atoms with Gasteiger partial charge in [-0.3, -0.25) is 14.3 Å². The Balaban J connectivity index is 0.00000243. The fourth-order valence-electron chi connectivity index (χ4n) is 3.94. The van der Waals surface area contributed by atoms with Gasteiger partial charge in [-0.2, -0.15) is 5.10 Å². The highest BCUT2D eigenvalue weighted by atomic mass is 35.5. The normalized spacial score (nSPS) is 20.7. The van der Waals surface area contributed by atoms with E-state index in [1.165, 1.54) is 19.3 Å². The third-order valence-corrected chi connectivity index (χ3v) is 5.23. The van der Waals surface area contributed by atoms with Crippen molar-refractivity contribution in [3.05, 3.63) is 18.0 Å². The molecule has 1 atom stereocenters. The number of halogens is 1. The maximum Gasteiger partial charge on any atom is 0.257 e. The summed E-state index contributed by atoms with van der Waals surface area (Å²) in [4.78, 5) is 26.8. The number of hydrogen-bond donors (Lipinski definition) is 2. The van der Waals surface area contributed by atoms with E-state index in [1.54, 1.807) is 17.1 Å². The first kappa shape index (κ1) is 20.7. The van der Waals surface area contributed by atoms with E-state index in [4.69, 9.17) is 0 Å². The zero-order valence-electron chi connectivity index (χ0n) is 15.4. The highest BCUT2D eigenvalue weighted by Crippen LogP contribution is 2.20. The molecule has 2 heterocycles. The predicted octanol–water partition coefficient (Wildman–Crippen LogP) is 1.58. The summed E-state index contributed by atoms with van der Waals surface area (Å²) in [5, 5.41) is 10.4. The molecule has 1 aliphatic heterocycles. The highest BCUT2D eigenvalue weighted by Gasteiger charge is 2.29. The lowest BCUT2D eigenvalue weighted by Gasteiger charge is -2.24. The van der Waals surface area contributed by atoms with Crippen molar-refractivity contribution < 1.29 is 9.59 Å². The third-order valence-electron chi connectivity index (χ3n) is 5.23. The first-order valence-corrected chi connectivity index (χ1v) is 9.45. The molecule has 2 N–H and O–H groups in total. The first-order valence-electron chi connectivity index (χ1n) is 9.45. The molecular formula is C18H30ClN5O2. The van der Waals surface area contributed by atoms with Crippen LogP contribution in [-0.4, -0.2) is 58.7 Å². The molecule has 2 amide bonds. The average Bonchev–Trinajstić information content (AvgIpc) is 3.25. The highest BCUT2D eigenvalue weighted by molar-refractivity contribution is 5.94. The number of amides is 2. The van der Waals surface area contributed by atoms with E-state index in [1.807, 2.05) is 11.9 Å². The number of carbonyl (C=O) groups excluding carboxylic acids is 2. The number of likely N-dealkylation sites (N-methyl/N-ethyl adjacent to an activating group) is 1. The van der Waals surface area contributed by atoms with Gasteiger partial charge in [0.15, 0.2) is 0 Å².